The van der Waals surface area contributed by atoms with Crippen LogP contribution < -0.4 is 14.9 Å². The molecule has 0 saturated carbocycles. The molecule has 3 aromatic rings. The third kappa shape index (κ3) is 4.95. The van der Waals surface area contributed by atoms with E-state index in [-0.39, 0.29) is 0 Å². The summed E-state index contributed by atoms with van der Waals surface area (Å²) >= 11 is 1.55. The molecule has 0 unspecified atom stereocenters. The summed E-state index contributed by atoms with van der Waals surface area (Å²) in [7, 11) is 0. The fraction of sp³-hybridized carbons (Fsp3) is 0.190. The van der Waals surface area contributed by atoms with Gasteiger partial charge in [0, 0.05) is 4.88 Å². The second-order valence-corrected chi connectivity index (χ2v) is 7.13. The summed E-state index contributed by atoms with van der Waals surface area (Å²) in [5.41, 5.74) is 5.20. The molecule has 144 valence electrons. The smallest absolute Gasteiger partial charge is 0.343 e. The van der Waals surface area contributed by atoms with Crippen molar-refractivity contribution in [3.63, 3.8) is 0 Å². The van der Waals surface area contributed by atoms with Crippen molar-refractivity contribution in [2.24, 2.45) is 5.10 Å². The molecule has 0 amide bonds. The summed E-state index contributed by atoms with van der Waals surface area (Å²) in [6.45, 7) is 6.31. The van der Waals surface area contributed by atoms with Crippen molar-refractivity contribution in [2.45, 2.75) is 20.8 Å². The third-order valence-electron chi connectivity index (χ3n) is 3.88. The molecule has 0 fully saturated rings. The topological polar surface area (TPSA) is 72.8 Å². The minimum Gasteiger partial charge on any atom is -0.490 e. The number of thiazole rings is 1. The highest BCUT2D eigenvalue weighted by atomic mass is 32.1. The Labute approximate surface area is 167 Å². The maximum atomic E-state index is 12.3. The molecule has 0 atom stereocenters. The number of hydrogen-bond donors (Lipinski definition) is 1. The van der Waals surface area contributed by atoms with Gasteiger partial charge in [-0.05, 0) is 56.7 Å². The number of nitrogens with one attached hydrogen (secondary N) is 1. The van der Waals surface area contributed by atoms with Crippen LogP contribution in [0.1, 0.15) is 33.4 Å². The standard InChI is InChI=1S/C21H21N3O3S/c1-4-26-19-12-16(13-22-24-21-23-14(2)15(3)28-21)10-11-18(19)27-20(25)17-8-6-5-7-9-17/h5-13H,4H2,1-3H3,(H,23,24)/b22-13-. The van der Waals surface area contributed by atoms with E-state index in [0.29, 0.717) is 23.7 Å². The molecule has 0 aliphatic carbocycles. The number of carbonyl (C=O) groups excluding carboxylic acids is 1. The quantitative estimate of drug-likeness (QED) is 0.269. The van der Waals surface area contributed by atoms with Crippen molar-refractivity contribution in [1.82, 2.24) is 4.98 Å². The number of aryl methyl sites for hydroxylation is 2. The Balaban J connectivity index is 1.73. The lowest BCUT2D eigenvalue weighted by Crippen LogP contribution is -2.09. The maximum Gasteiger partial charge on any atom is 0.343 e. The molecule has 7 heteroatoms. The van der Waals surface area contributed by atoms with E-state index in [1.807, 2.05) is 26.8 Å². The first kappa shape index (κ1) is 19.6. The van der Waals surface area contributed by atoms with Crippen LogP contribution in [0.5, 0.6) is 11.5 Å². The van der Waals surface area contributed by atoms with Crippen LogP contribution in [0.15, 0.2) is 53.6 Å². The lowest BCUT2D eigenvalue weighted by molar-refractivity contribution is 0.0728. The van der Waals surface area contributed by atoms with E-state index < -0.39 is 5.97 Å². The molecule has 3 rings (SSSR count). The molecule has 1 aromatic heterocycles. The number of esters is 1. The van der Waals surface area contributed by atoms with Gasteiger partial charge in [0.25, 0.3) is 0 Å². The fourth-order valence-electron chi connectivity index (χ4n) is 2.37. The fourth-order valence-corrected chi connectivity index (χ4v) is 3.14. The SMILES string of the molecule is CCOc1cc(/C=N\Nc2nc(C)c(C)s2)ccc1OC(=O)c1ccccc1. The number of aromatic nitrogens is 1. The monoisotopic (exact) mass is 395 g/mol. The van der Waals surface area contributed by atoms with Crippen LogP contribution in [0.25, 0.3) is 0 Å². The van der Waals surface area contributed by atoms with Gasteiger partial charge in [-0.15, -0.1) is 11.3 Å². The molecular weight excluding hydrogens is 374 g/mol. The van der Waals surface area contributed by atoms with E-state index in [1.54, 1.807) is 60.0 Å². The van der Waals surface area contributed by atoms with Crippen molar-refractivity contribution in [3.8, 4) is 11.5 Å². The number of hydrogen-bond acceptors (Lipinski definition) is 7. The van der Waals surface area contributed by atoms with Crippen LogP contribution in [0, 0.1) is 13.8 Å². The molecule has 0 spiro atoms. The highest BCUT2D eigenvalue weighted by molar-refractivity contribution is 7.15. The van der Waals surface area contributed by atoms with E-state index in [4.69, 9.17) is 9.47 Å². The number of anilines is 1. The molecule has 0 bridgehead atoms. The summed E-state index contributed by atoms with van der Waals surface area (Å²) < 4.78 is 11.1. The van der Waals surface area contributed by atoms with Gasteiger partial charge in [-0.3, -0.25) is 5.43 Å². The molecule has 2 aromatic carbocycles. The Morgan fingerprint density at radius 1 is 1.18 bits per heavy atom. The van der Waals surface area contributed by atoms with Gasteiger partial charge in [-0.25, -0.2) is 9.78 Å². The van der Waals surface area contributed by atoms with Crippen LogP contribution >= 0.6 is 11.3 Å². The summed E-state index contributed by atoms with van der Waals surface area (Å²) in [4.78, 5) is 17.8. The number of rotatable bonds is 7. The number of nitrogens with zero attached hydrogens (tertiary/aromatic N) is 2. The van der Waals surface area contributed by atoms with Gasteiger partial charge in [0.15, 0.2) is 11.5 Å². The predicted molar refractivity (Wildman–Crippen MR) is 112 cm³/mol. The minimum absolute atomic E-state index is 0.368. The number of ether oxygens (including phenoxy) is 2. The molecule has 0 aliphatic rings. The van der Waals surface area contributed by atoms with Crippen LogP contribution in [0.2, 0.25) is 0 Å². The van der Waals surface area contributed by atoms with Crippen molar-refractivity contribution < 1.29 is 14.3 Å². The Morgan fingerprint density at radius 2 is 1.96 bits per heavy atom. The van der Waals surface area contributed by atoms with Crippen LogP contribution in [-0.4, -0.2) is 23.8 Å². The molecule has 6 nitrogen and oxygen atoms in total. The molecule has 0 saturated heterocycles. The first-order valence-electron chi connectivity index (χ1n) is 8.84. The van der Waals surface area contributed by atoms with E-state index in [9.17, 15) is 4.79 Å². The lowest BCUT2D eigenvalue weighted by atomic mass is 10.2. The Bertz CT molecular complexity index is 964. The Kier molecular flexibility index (Phi) is 6.39. The second-order valence-electron chi connectivity index (χ2n) is 5.93. The van der Waals surface area contributed by atoms with E-state index in [1.165, 1.54) is 0 Å². The summed E-state index contributed by atoms with van der Waals surface area (Å²) in [5, 5.41) is 4.96. The van der Waals surface area contributed by atoms with E-state index in [0.717, 1.165) is 21.3 Å². The molecule has 1 N–H and O–H groups in total. The third-order valence-corrected chi connectivity index (χ3v) is 4.86. The zero-order valence-corrected chi connectivity index (χ0v) is 16.7. The van der Waals surface area contributed by atoms with Crippen molar-refractivity contribution in [3.05, 3.63) is 70.2 Å². The van der Waals surface area contributed by atoms with Gasteiger partial charge in [-0.1, -0.05) is 18.2 Å². The van der Waals surface area contributed by atoms with E-state index >= 15 is 0 Å². The van der Waals surface area contributed by atoms with Crippen LogP contribution in [0.4, 0.5) is 5.13 Å². The van der Waals surface area contributed by atoms with Gasteiger partial charge in [0.05, 0.1) is 24.1 Å². The van der Waals surface area contributed by atoms with Crippen molar-refractivity contribution >= 4 is 28.7 Å². The largest absolute Gasteiger partial charge is 0.490 e. The van der Waals surface area contributed by atoms with Crippen molar-refractivity contribution in [2.75, 3.05) is 12.0 Å². The van der Waals surface area contributed by atoms with Crippen LogP contribution in [0.3, 0.4) is 0 Å². The van der Waals surface area contributed by atoms with Crippen molar-refractivity contribution in [1.29, 1.82) is 0 Å². The molecule has 0 radical (unpaired) electrons. The number of carbonyl (C=O) groups is 1. The zero-order valence-electron chi connectivity index (χ0n) is 15.9. The summed E-state index contributed by atoms with van der Waals surface area (Å²) in [5.74, 6) is 0.419. The summed E-state index contributed by atoms with van der Waals surface area (Å²) in [6, 6.07) is 14.1. The minimum atomic E-state index is -0.431. The molecular formula is C21H21N3O3S. The molecule has 1 heterocycles. The van der Waals surface area contributed by atoms with Gasteiger partial charge < -0.3 is 9.47 Å². The predicted octanol–water partition coefficient (Wildman–Crippen LogP) is 4.82. The number of hydrazone groups is 1. The maximum absolute atomic E-state index is 12.3. The summed E-state index contributed by atoms with van der Waals surface area (Å²) in [6.07, 6.45) is 1.66. The first-order chi connectivity index (χ1) is 13.6. The lowest BCUT2D eigenvalue weighted by Gasteiger charge is -2.11. The average Bonchev–Trinajstić information content (AvgIpc) is 3.02. The normalized spacial score (nSPS) is 10.8. The van der Waals surface area contributed by atoms with Gasteiger partial charge in [0.2, 0.25) is 5.13 Å². The molecule has 0 aliphatic heterocycles. The van der Waals surface area contributed by atoms with Gasteiger partial charge >= 0.3 is 5.97 Å². The van der Waals surface area contributed by atoms with E-state index in [2.05, 4.69) is 15.5 Å². The number of benzene rings is 2. The Morgan fingerprint density at radius 3 is 2.64 bits per heavy atom. The van der Waals surface area contributed by atoms with Gasteiger partial charge in [-0.2, -0.15) is 5.10 Å². The highest BCUT2D eigenvalue weighted by Gasteiger charge is 2.13. The van der Waals surface area contributed by atoms with Crippen LogP contribution in [-0.2, 0) is 0 Å². The molecule has 28 heavy (non-hydrogen) atoms. The first-order valence-corrected chi connectivity index (χ1v) is 9.65. The zero-order chi connectivity index (χ0) is 19.9. The highest BCUT2D eigenvalue weighted by Crippen LogP contribution is 2.29. The van der Waals surface area contributed by atoms with Gasteiger partial charge in [0.1, 0.15) is 0 Å². The Hall–Kier alpha value is -3.19. The second kappa shape index (κ2) is 9.14. The average molecular weight is 395 g/mol.